The van der Waals surface area contributed by atoms with Gasteiger partial charge in [-0.1, -0.05) is 6.42 Å². The van der Waals surface area contributed by atoms with Crippen molar-refractivity contribution in [2.75, 3.05) is 59.9 Å². The summed E-state index contributed by atoms with van der Waals surface area (Å²) in [5.41, 5.74) is 1.74. The van der Waals surface area contributed by atoms with Crippen LogP contribution in [0, 0.1) is 0 Å². The quantitative estimate of drug-likeness (QED) is 0.310. The van der Waals surface area contributed by atoms with Crippen LogP contribution in [0.3, 0.4) is 0 Å². The van der Waals surface area contributed by atoms with E-state index in [1.165, 1.54) is 76.7 Å². The lowest BCUT2D eigenvalue weighted by Crippen LogP contribution is -2.62. The van der Waals surface area contributed by atoms with Crippen molar-refractivity contribution in [2.24, 2.45) is 4.99 Å². The van der Waals surface area contributed by atoms with Crippen LogP contribution in [0.2, 0.25) is 0 Å². The first-order valence-corrected chi connectivity index (χ1v) is 13.3. The third kappa shape index (κ3) is 7.04. The van der Waals surface area contributed by atoms with Crippen LogP contribution in [0.1, 0.15) is 50.5 Å². The van der Waals surface area contributed by atoms with E-state index in [1.807, 2.05) is 7.05 Å². The monoisotopic (exact) mass is 574 g/mol. The number of hydrogen-bond acceptors (Lipinski definition) is 5. The zero-order valence-corrected chi connectivity index (χ0v) is 23.2. The molecule has 182 valence electrons. The molecule has 4 heterocycles. The van der Waals surface area contributed by atoms with Crippen molar-refractivity contribution in [1.29, 1.82) is 0 Å². The highest BCUT2D eigenvalue weighted by Gasteiger charge is 2.39. The van der Waals surface area contributed by atoms with E-state index in [0.717, 1.165) is 32.1 Å². The molecule has 0 unspecified atom stereocenters. The lowest BCUT2D eigenvalue weighted by atomic mass is 9.84. The van der Waals surface area contributed by atoms with E-state index >= 15 is 0 Å². The average Bonchev–Trinajstić information content (AvgIpc) is 3.33. The number of nitrogens with zero attached hydrogens (tertiary/aromatic N) is 4. The second-order valence-electron chi connectivity index (χ2n) is 9.83. The summed E-state index contributed by atoms with van der Waals surface area (Å²) >= 11 is 1.80. The van der Waals surface area contributed by atoms with E-state index in [4.69, 9.17) is 0 Å². The zero-order chi connectivity index (χ0) is 21.5. The summed E-state index contributed by atoms with van der Waals surface area (Å²) in [7, 11) is 4.18. The Labute approximate surface area is 216 Å². The van der Waals surface area contributed by atoms with Gasteiger partial charge in [0.1, 0.15) is 0 Å². The fourth-order valence-electron chi connectivity index (χ4n) is 5.52. The first-order valence-electron chi connectivity index (χ1n) is 12.3. The van der Waals surface area contributed by atoms with Gasteiger partial charge in [-0.2, -0.15) is 11.3 Å². The van der Waals surface area contributed by atoms with Crippen LogP contribution >= 0.6 is 35.3 Å². The summed E-state index contributed by atoms with van der Waals surface area (Å²) < 4.78 is 0. The molecule has 6 nitrogen and oxygen atoms in total. The molecular formula is C24H43IN6S. The fourth-order valence-corrected chi connectivity index (χ4v) is 6.18. The summed E-state index contributed by atoms with van der Waals surface area (Å²) in [6.07, 6.45) is 9.00. The highest BCUT2D eigenvalue weighted by molar-refractivity contribution is 14.0. The lowest BCUT2D eigenvalue weighted by molar-refractivity contribution is 0.0172. The molecule has 3 aliphatic heterocycles. The van der Waals surface area contributed by atoms with Crippen LogP contribution in [-0.4, -0.2) is 92.1 Å². The van der Waals surface area contributed by atoms with E-state index in [0.29, 0.717) is 6.04 Å². The van der Waals surface area contributed by atoms with Gasteiger partial charge in [0.15, 0.2) is 5.96 Å². The SMILES string of the molecule is CN=C(NCC1(N2CCCCC2)CCN(C)CC1)NC1CCN(Cc2ccsc2)CC1.I. The Bertz CT molecular complexity index is 675. The van der Waals surface area contributed by atoms with Crippen LogP contribution in [-0.2, 0) is 6.54 Å². The summed E-state index contributed by atoms with van der Waals surface area (Å²) in [4.78, 5) is 12.5. The number of piperidine rings is 3. The molecule has 4 rings (SSSR count). The van der Waals surface area contributed by atoms with Gasteiger partial charge < -0.3 is 15.5 Å². The van der Waals surface area contributed by atoms with Gasteiger partial charge in [-0.05, 0) is 94.1 Å². The lowest BCUT2D eigenvalue weighted by Gasteiger charge is -2.50. The minimum absolute atomic E-state index is 0. The predicted octanol–water partition coefficient (Wildman–Crippen LogP) is 3.45. The van der Waals surface area contributed by atoms with Crippen LogP contribution in [0.4, 0.5) is 0 Å². The molecule has 8 heteroatoms. The Morgan fingerprint density at radius 3 is 2.44 bits per heavy atom. The summed E-state index contributed by atoms with van der Waals surface area (Å²) in [6, 6.07) is 2.77. The molecule has 0 amide bonds. The van der Waals surface area contributed by atoms with Crippen molar-refractivity contribution in [1.82, 2.24) is 25.3 Å². The third-order valence-corrected chi connectivity index (χ3v) is 8.40. The number of rotatable bonds is 6. The summed E-state index contributed by atoms with van der Waals surface area (Å²) in [6.45, 7) is 9.36. The van der Waals surface area contributed by atoms with E-state index in [1.54, 1.807) is 11.3 Å². The van der Waals surface area contributed by atoms with Crippen LogP contribution < -0.4 is 10.6 Å². The van der Waals surface area contributed by atoms with Gasteiger partial charge in [0.05, 0.1) is 0 Å². The molecule has 3 aliphatic rings. The minimum atomic E-state index is 0. The van der Waals surface area contributed by atoms with Gasteiger partial charge in [-0.15, -0.1) is 24.0 Å². The van der Waals surface area contributed by atoms with E-state index in [2.05, 4.69) is 54.2 Å². The summed E-state index contributed by atoms with van der Waals surface area (Å²) in [5.74, 6) is 0.992. The number of nitrogens with one attached hydrogen (secondary N) is 2. The number of thiophene rings is 1. The number of likely N-dealkylation sites (tertiary alicyclic amines) is 3. The van der Waals surface area contributed by atoms with Gasteiger partial charge >= 0.3 is 0 Å². The fraction of sp³-hybridized carbons (Fsp3) is 0.792. The van der Waals surface area contributed by atoms with Gasteiger partial charge in [0.2, 0.25) is 0 Å². The Hall–Kier alpha value is -0.420. The molecule has 0 aromatic carbocycles. The standard InChI is InChI=1S/C24H42N6S.HI/c1-25-23(27-22-6-13-29(14-7-22)18-21-8-17-31-19-21)26-20-24(9-15-28(2)16-10-24)30-11-4-3-5-12-30;/h8,17,19,22H,3-7,9-16,18,20H2,1-2H3,(H2,25,26,27);1H. The van der Waals surface area contributed by atoms with Crippen LogP contribution in [0.5, 0.6) is 0 Å². The maximum atomic E-state index is 4.59. The zero-order valence-electron chi connectivity index (χ0n) is 20.0. The van der Waals surface area contributed by atoms with Crippen molar-refractivity contribution in [2.45, 2.75) is 63.1 Å². The first kappa shape index (κ1) is 26.2. The second-order valence-corrected chi connectivity index (χ2v) is 10.6. The van der Waals surface area contributed by atoms with E-state index in [-0.39, 0.29) is 29.5 Å². The Kier molecular flexibility index (Phi) is 10.5. The van der Waals surface area contributed by atoms with Crippen LogP contribution in [0.15, 0.2) is 21.8 Å². The summed E-state index contributed by atoms with van der Waals surface area (Å²) in [5, 5.41) is 11.9. The smallest absolute Gasteiger partial charge is 0.191 e. The highest BCUT2D eigenvalue weighted by Crippen LogP contribution is 2.30. The molecule has 0 spiro atoms. The molecule has 0 bridgehead atoms. The number of hydrogen-bond donors (Lipinski definition) is 2. The molecule has 1 aromatic heterocycles. The van der Waals surface area contributed by atoms with Crippen LogP contribution in [0.25, 0.3) is 0 Å². The van der Waals surface area contributed by atoms with Gasteiger partial charge in [-0.25, -0.2) is 0 Å². The van der Waals surface area contributed by atoms with E-state index < -0.39 is 0 Å². The third-order valence-electron chi connectivity index (χ3n) is 7.67. The van der Waals surface area contributed by atoms with Crippen molar-refractivity contribution in [3.8, 4) is 0 Å². The predicted molar refractivity (Wildman–Crippen MR) is 147 cm³/mol. The molecule has 0 radical (unpaired) electrons. The van der Waals surface area contributed by atoms with Crippen molar-refractivity contribution in [3.63, 3.8) is 0 Å². The highest BCUT2D eigenvalue weighted by atomic mass is 127. The maximum absolute atomic E-state index is 4.59. The average molecular weight is 575 g/mol. The van der Waals surface area contributed by atoms with Gasteiger partial charge in [0.25, 0.3) is 0 Å². The molecule has 3 saturated heterocycles. The molecule has 1 aromatic rings. The number of guanidine groups is 1. The van der Waals surface area contributed by atoms with Crippen molar-refractivity contribution < 1.29 is 0 Å². The molecule has 32 heavy (non-hydrogen) atoms. The Morgan fingerprint density at radius 1 is 1.09 bits per heavy atom. The Morgan fingerprint density at radius 2 is 1.81 bits per heavy atom. The Balaban J connectivity index is 0.00000289. The van der Waals surface area contributed by atoms with Crippen molar-refractivity contribution in [3.05, 3.63) is 22.4 Å². The molecule has 3 fully saturated rings. The first-order chi connectivity index (χ1) is 15.2. The van der Waals surface area contributed by atoms with Gasteiger partial charge in [0, 0.05) is 44.8 Å². The molecular weight excluding hydrogens is 531 g/mol. The number of halogens is 1. The van der Waals surface area contributed by atoms with Gasteiger partial charge in [-0.3, -0.25) is 14.8 Å². The molecule has 0 aliphatic carbocycles. The molecule has 0 atom stereocenters. The largest absolute Gasteiger partial charge is 0.355 e. The number of aliphatic imine (C=N–C) groups is 1. The normalized spacial score (nSPS) is 24.1. The second kappa shape index (κ2) is 12.9. The maximum Gasteiger partial charge on any atom is 0.191 e. The molecule has 2 N–H and O–H groups in total. The van der Waals surface area contributed by atoms with E-state index in [9.17, 15) is 0 Å². The van der Waals surface area contributed by atoms with Crippen molar-refractivity contribution >= 4 is 41.3 Å². The topological polar surface area (TPSA) is 46.1 Å². The molecule has 0 saturated carbocycles. The minimum Gasteiger partial charge on any atom is -0.355 e.